The number of hydrogen-bond acceptors (Lipinski definition) is 2. The van der Waals surface area contributed by atoms with Crippen LogP contribution in [0, 0.1) is 0 Å². The molecule has 0 atom stereocenters. The zero-order valence-electron chi connectivity index (χ0n) is 12.9. The van der Waals surface area contributed by atoms with Crippen LogP contribution in [-0.4, -0.2) is 5.91 Å². The third-order valence-electron chi connectivity index (χ3n) is 3.51. The van der Waals surface area contributed by atoms with Crippen molar-refractivity contribution >= 4 is 34.8 Å². The number of rotatable bonds is 3. The van der Waals surface area contributed by atoms with Gasteiger partial charge in [0.2, 0.25) is 0 Å². The number of amides is 1. The molecule has 8 heteroatoms. The Hall–Kier alpha value is -2.44. The number of carbonyl (C=O) groups excluding carboxylic acids is 1. The first kappa shape index (κ1) is 18.4. The number of hydrogen-bond donors (Lipinski definition) is 1. The Morgan fingerprint density at radius 3 is 2.38 bits per heavy atom. The highest BCUT2D eigenvalue weighted by Crippen LogP contribution is 2.37. The van der Waals surface area contributed by atoms with Gasteiger partial charge < -0.3 is 9.73 Å². The fraction of sp³-hybridized carbons (Fsp3) is 0.0556. The van der Waals surface area contributed by atoms with Crippen molar-refractivity contribution in [2.24, 2.45) is 0 Å². The molecular weight excluding hydrogens is 390 g/mol. The van der Waals surface area contributed by atoms with E-state index in [1.54, 1.807) is 24.3 Å². The van der Waals surface area contributed by atoms with Crippen molar-refractivity contribution < 1.29 is 22.4 Å². The maximum Gasteiger partial charge on any atom is 0.417 e. The second kappa shape index (κ2) is 7.05. The smallest absolute Gasteiger partial charge is 0.417 e. The Bertz CT molecular complexity index is 967. The second-order valence-corrected chi connectivity index (χ2v) is 6.10. The van der Waals surface area contributed by atoms with Gasteiger partial charge in [0.1, 0.15) is 5.76 Å². The first-order valence-electron chi connectivity index (χ1n) is 7.28. The summed E-state index contributed by atoms with van der Waals surface area (Å²) in [7, 11) is 0. The Balaban J connectivity index is 1.86. The summed E-state index contributed by atoms with van der Waals surface area (Å²) in [5, 5.41) is 2.51. The Labute approximate surface area is 156 Å². The summed E-state index contributed by atoms with van der Waals surface area (Å²) in [6.07, 6.45) is -4.59. The minimum atomic E-state index is -4.59. The number of benzene rings is 2. The predicted molar refractivity (Wildman–Crippen MR) is 93.6 cm³/mol. The van der Waals surface area contributed by atoms with Gasteiger partial charge in [-0.05, 0) is 42.5 Å². The van der Waals surface area contributed by atoms with Gasteiger partial charge in [0.25, 0.3) is 5.91 Å². The summed E-state index contributed by atoms with van der Waals surface area (Å²) < 4.78 is 44.3. The number of anilines is 1. The van der Waals surface area contributed by atoms with E-state index in [0.717, 1.165) is 12.1 Å². The maximum absolute atomic E-state index is 13.0. The van der Waals surface area contributed by atoms with Gasteiger partial charge in [-0.2, -0.15) is 13.2 Å². The van der Waals surface area contributed by atoms with Crippen LogP contribution < -0.4 is 5.32 Å². The predicted octanol–water partition coefficient (Wildman–Crippen LogP) is 6.52. The molecule has 0 saturated carbocycles. The molecule has 1 heterocycles. The van der Waals surface area contributed by atoms with Crippen molar-refractivity contribution in [3.63, 3.8) is 0 Å². The lowest BCUT2D eigenvalue weighted by Crippen LogP contribution is -2.11. The van der Waals surface area contributed by atoms with Gasteiger partial charge in [-0.15, -0.1) is 0 Å². The van der Waals surface area contributed by atoms with E-state index >= 15 is 0 Å². The van der Waals surface area contributed by atoms with Gasteiger partial charge in [-0.25, -0.2) is 0 Å². The SMILES string of the molecule is O=C(Nc1ccccc1Cl)c1ccc(-c2ccc(Cl)c(C(F)(F)F)c2)o1. The molecule has 0 aliphatic rings. The average Bonchev–Trinajstić information content (AvgIpc) is 3.06. The topological polar surface area (TPSA) is 42.2 Å². The minimum absolute atomic E-state index is 0.0663. The molecule has 0 spiro atoms. The molecule has 3 aromatic rings. The fourth-order valence-corrected chi connectivity index (χ4v) is 2.67. The van der Waals surface area contributed by atoms with Gasteiger partial charge in [0, 0.05) is 5.56 Å². The lowest BCUT2D eigenvalue weighted by atomic mass is 10.1. The molecule has 3 nitrogen and oxygen atoms in total. The minimum Gasteiger partial charge on any atom is -0.451 e. The van der Waals surface area contributed by atoms with E-state index in [9.17, 15) is 18.0 Å². The molecule has 134 valence electrons. The molecule has 2 aromatic carbocycles. The van der Waals surface area contributed by atoms with E-state index in [1.165, 1.54) is 18.2 Å². The van der Waals surface area contributed by atoms with Crippen LogP contribution in [0.3, 0.4) is 0 Å². The molecule has 0 aliphatic carbocycles. The molecule has 0 unspecified atom stereocenters. The van der Waals surface area contributed by atoms with Crippen LogP contribution in [0.1, 0.15) is 16.1 Å². The fourth-order valence-electron chi connectivity index (χ4n) is 2.26. The summed E-state index contributed by atoms with van der Waals surface area (Å²) in [6.45, 7) is 0. The van der Waals surface area contributed by atoms with Crippen LogP contribution in [0.25, 0.3) is 11.3 Å². The number of para-hydroxylation sites is 1. The average molecular weight is 400 g/mol. The number of carbonyl (C=O) groups is 1. The largest absolute Gasteiger partial charge is 0.451 e. The molecule has 0 aliphatic heterocycles. The first-order chi connectivity index (χ1) is 12.3. The van der Waals surface area contributed by atoms with Crippen LogP contribution in [0.4, 0.5) is 18.9 Å². The van der Waals surface area contributed by atoms with Crippen molar-refractivity contribution in [2.45, 2.75) is 6.18 Å². The Kier molecular flexibility index (Phi) is 4.98. The quantitative estimate of drug-likeness (QED) is 0.544. The third-order valence-corrected chi connectivity index (χ3v) is 4.17. The van der Waals surface area contributed by atoms with Gasteiger partial charge in [-0.3, -0.25) is 4.79 Å². The standard InChI is InChI=1S/C18H10Cl2F3NO2/c19-12-6-5-10(9-11(12)18(21,22)23)15-7-8-16(26-15)17(25)24-14-4-2-1-3-13(14)20/h1-9H,(H,24,25). The van der Waals surface area contributed by atoms with Gasteiger partial charge in [-0.1, -0.05) is 35.3 Å². The van der Waals surface area contributed by atoms with E-state index in [2.05, 4.69) is 5.32 Å². The second-order valence-electron chi connectivity index (χ2n) is 5.29. The third kappa shape index (κ3) is 3.86. The van der Waals surface area contributed by atoms with Crippen LogP contribution in [-0.2, 0) is 6.18 Å². The highest BCUT2D eigenvalue weighted by Gasteiger charge is 2.33. The maximum atomic E-state index is 13.0. The molecule has 3 rings (SSSR count). The molecule has 1 N–H and O–H groups in total. The van der Waals surface area contributed by atoms with E-state index in [0.29, 0.717) is 10.7 Å². The highest BCUT2D eigenvalue weighted by atomic mass is 35.5. The van der Waals surface area contributed by atoms with E-state index in [4.69, 9.17) is 27.6 Å². The Morgan fingerprint density at radius 2 is 1.69 bits per heavy atom. The zero-order valence-corrected chi connectivity index (χ0v) is 14.4. The number of alkyl halides is 3. The first-order valence-corrected chi connectivity index (χ1v) is 8.04. The van der Waals surface area contributed by atoms with Crippen molar-refractivity contribution in [2.75, 3.05) is 5.32 Å². The normalized spacial score (nSPS) is 11.4. The van der Waals surface area contributed by atoms with Gasteiger partial charge in [0.15, 0.2) is 5.76 Å². The van der Waals surface area contributed by atoms with Crippen molar-refractivity contribution in [1.29, 1.82) is 0 Å². The van der Waals surface area contributed by atoms with E-state index < -0.39 is 22.7 Å². The molecule has 26 heavy (non-hydrogen) atoms. The van der Waals surface area contributed by atoms with Gasteiger partial charge in [0.05, 0.1) is 21.3 Å². The molecule has 0 bridgehead atoms. The molecule has 0 saturated heterocycles. The lowest BCUT2D eigenvalue weighted by Gasteiger charge is -2.10. The van der Waals surface area contributed by atoms with Crippen LogP contribution in [0.2, 0.25) is 10.0 Å². The number of nitrogens with one attached hydrogen (secondary N) is 1. The van der Waals surface area contributed by atoms with Crippen LogP contribution in [0.15, 0.2) is 59.0 Å². The van der Waals surface area contributed by atoms with Crippen LogP contribution >= 0.6 is 23.2 Å². The highest BCUT2D eigenvalue weighted by molar-refractivity contribution is 6.33. The summed E-state index contributed by atoms with van der Waals surface area (Å²) >= 11 is 11.6. The molecule has 1 aromatic heterocycles. The molecular formula is C18H10Cl2F3NO2. The van der Waals surface area contributed by atoms with Gasteiger partial charge >= 0.3 is 6.18 Å². The van der Waals surface area contributed by atoms with E-state index in [-0.39, 0.29) is 17.1 Å². The zero-order chi connectivity index (χ0) is 18.9. The summed E-state index contributed by atoms with van der Waals surface area (Å²) in [5.74, 6) is -0.533. The van der Waals surface area contributed by atoms with E-state index in [1.807, 2.05) is 0 Å². The van der Waals surface area contributed by atoms with Crippen molar-refractivity contribution in [3.8, 4) is 11.3 Å². The number of halogens is 5. The molecule has 0 fully saturated rings. The molecule has 0 radical (unpaired) electrons. The summed E-state index contributed by atoms with van der Waals surface area (Å²) in [5.41, 5.74) is -0.434. The summed E-state index contributed by atoms with van der Waals surface area (Å²) in [4.78, 5) is 12.2. The monoisotopic (exact) mass is 399 g/mol. The lowest BCUT2D eigenvalue weighted by molar-refractivity contribution is -0.137. The van der Waals surface area contributed by atoms with Crippen molar-refractivity contribution in [3.05, 3.63) is 76.0 Å². The van der Waals surface area contributed by atoms with Crippen molar-refractivity contribution in [1.82, 2.24) is 0 Å². The Morgan fingerprint density at radius 1 is 0.962 bits per heavy atom. The van der Waals surface area contributed by atoms with Crippen LogP contribution in [0.5, 0.6) is 0 Å². The summed E-state index contributed by atoms with van der Waals surface area (Å²) in [6, 6.07) is 12.8. The number of furan rings is 1. The molecule has 1 amide bonds.